The summed E-state index contributed by atoms with van der Waals surface area (Å²) in [4.78, 5) is 0. The highest BCUT2D eigenvalue weighted by Crippen LogP contribution is 2.28. The largest absolute Gasteiger partial charge is 0.497 e. The molecule has 1 rings (SSSR count). The van der Waals surface area contributed by atoms with Gasteiger partial charge in [-0.1, -0.05) is 12.0 Å². The van der Waals surface area contributed by atoms with E-state index in [9.17, 15) is 0 Å². The molecule has 0 bridgehead atoms. The van der Waals surface area contributed by atoms with Gasteiger partial charge >= 0.3 is 0 Å². The third-order valence-electron chi connectivity index (χ3n) is 2.19. The molecule has 0 aromatic heterocycles. The predicted octanol–water partition coefficient (Wildman–Crippen LogP) is 2.12. The van der Waals surface area contributed by atoms with Gasteiger partial charge in [-0.15, -0.1) is 5.92 Å². The van der Waals surface area contributed by atoms with Gasteiger partial charge in [0.05, 0.1) is 7.11 Å². The molecule has 0 saturated carbocycles. The van der Waals surface area contributed by atoms with Gasteiger partial charge in [0.25, 0.3) is 0 Å². The van der Waals surface area contributed by atoms with Crippen LogP contribution in [0.3, 0.4) is 0 Å². The Morgan fingerprint density at radius 2 is 2.19 bits per heavy atom. The minimum absolute atomic E-state index is 0.0736. The second-order valence-corrected chi connectivity index (χ2v) is 3.41. The SMILES string of the molecule is CC#CCOc1cc(OC)ccc1[C@H](C)N. The van der Waals surface area contributed by atoms with Crippen molar-refractivity contribution in [3.8, 4) is 23.3 Å². The van der Waals surface area contributed by atoms with Crippen LogP contribution in [0.15, 0.2) is 18.2 Å². The molecule has 0 aliphatic rings. The highest BCUT2D eigenvalue weighted by molar-refractivity contribution is 5.42. The zero-order valence-corrected chi connectivity index (χ0v) is 9.91. The monoisotopic (exact) mass is 219 g/mol. The molecule has 1 aromatic rings. The van der Waals surface area contributed by atoms with E-state index in [-0.39, 0.29) is 6.04 Å². The van der Waals surface area contributed by atoms with Crippen molar-refractivity contribution in [1.29, 1.82) is 0 Å². The molecule has 0 aliphatic heterocycles. The first-order chi connectivity index (χ1) is 7.69. The van der Waals surface area contributed by atoms with E-state index in [0.717, 1.165) is 17.1 Å². The molecule has 0 radical (unpaired) electrons. The van der Waals surface area contributed by atoms with E-state index >= 15 is 0 Å². The summed E-state index contributed by atoms with van der Waals surface area (Å²) in [6, 6.07) is 5.54. The van der Waals surface area contributed by atoms with E-state index in [1.54, 1.807) is 14.0 Å². The normalized spacial score (nSPS) is 11.2. The molecule has 0 amide bonds. The Balaban J connectivity index is 2.94. The summed E-state index contributed by atoms with van der Waals surface area (Å²) in [5.41, 5.74) is 6.81. The van der Waals surface area contributed by atoms with Crippen LogP contribution in [0.4, 0.5) is 0 Å². The van der Waals surface area contributed by atoms with Gasteiger partial charge in [-0.3, -0.25) is 0 Å². The Hall–Kier alpha value is -1.66. The van der Waals surface area contributed by atoms with Crippen LogP contribution in [-0.4, -0.2) is 13.7 Å². The number of rotatable bonds is 4. The lowest BCUT2D eigenvalue weighted by Crippen LogP contribution is -2.08. The van der Waals surface area contributed by atoms with E-state index in [4.69, 9.17) is 15.2 Å². The maximum atomic E-state index is 5.85. The molecular formula is C13H17NO2. The van der Waals surface area contributed by atoms with Gasteiger partial charge in [0.1, 0.15) is 18.1 Å². The molecule has 0 fully saturated rings. The molecule has 0 heterocycles. The Morgan fingerprint density at radius 1 is 1.44 bits per heavy atom. The van der Waals surface area contributed by atoms with Crippen LogP contribution in [0.5, 0.6) is 11.5 Å². The van der Waals surface area contributed by atoms with Crippen LogP contribution in [0.25, 0.3) is 0 Å². The zero-order chi connectivity index (χ0) is 12.0. The molecule has 3 nitrogen and oxygen atoms in total. The third kappa shape index (κ3) is 3.18. The van der Waals surface area contributed by atoms with Gasteiger partial charge in [-0.2, -0.15) is 0 Å². The number of hydrogen-bond donors (Lipinski definition) is 1. The minimum Gasteiger partial charge on any atom is -0.497 e. The zero-order valence-electron chi connectivity index (χ0n) is 9.91. The number of ether oxygens (including phenoxy) is 2. The quantitative estimate of drug-likeness (QED) is 0.789. The Kier molecular flexibility index (Phi) is 4.68. The van der Waals surface area contributed by atoms with Gasteiger partial charge in [0, 0.05) is 17.7 Å². The van der Waals surface area contributed by atoms with Crippen molar-refractivity contribution in [2.75, 3.05) is 13.7 Å². The highest BCUT2D eigenvalue weighted by Gasteiger charge is 2.09. The number of nitrogens with two attached hydrogens (primary N) is 1. The van der Waals surface area contributed by atoms with Crippen molar-refractivity contribution in [3.05, 3.63) is 23.8 Å². The standard InChI is InChI=1S/C13H17NO2/c1-4-5-8-16-13-9-11(15-3)6-7-12(13)10(2)14/h6-7,9-10H,8,14H2,1-3H3/t10-/m0/s1. The van der Waals surface area contributed by atoms with E-state index in [0.29, 0.717) is 6.61 Å². The average Bonchev–Trinajstić information content (AvgIpc) is 2.29. The molecule has 2 N–H and O–H groups in total. The molecule has 0 unspecified atom stereocenters. The number of methoxy groups -OCH3 is 1. The first-order valence-corrected chi connectivity index (χ1v) is 5.15. The van der Waals surface area contributed by atoms with E-state index < -0.39 is 0 Å². The van der Waals surface area contributed by atoms with E-state index in [1.165, 1.54) is 0 Å². The van der Waals surface area contributed by atoms with Crippen LogP contribution >= 0.6 is 0 Å². The summed E-state index contributed by atoms with van der Waals surface area (Å²) in [5.74, 6) is 7.11. The lowest BCUT2D eigenvalue weighted by molar-refractivity contribution is 0.357. The fraction of sp³-hybridized carbons (Fsp3) is 0.385. The topological polar surface area (TPSA) is 44.5 Å². The lowest BCUT2D eigenvalue weighted by atomic mass is 10.1. The third-order valence-corrected chi connectivity index (χ3v) is 2.19. The van der Waals surface area contributed by atoms with Crippen molar-refractivity contribution in [2.24, 2.45) is 5.73 Å². The van der Waals surface area contributed by atoms with Crippen molar-refractivity contribution in [2.45, 2.75) is 19.9 Å². The molecule has 16 heavy (non-hydrogen) atoms. The Morgan fingerprint density at radius 3 is 2.75 bits per heavy atom. The van der Waals surface area contributed by atoms with E-state index in [2.05, 4.69) is 11.8 Å². The van der Waals surface area contributed by atoms with Crippen molar-refractivity contribution >= 4 is 0 Å². The first-order valence-electron chi connectivity index (χ1n) is 5.15. The molecule has 1 aromatic carbocycles. The van der Waals surface area contributed by atoms with Gasteiger partial charge in [-0.05, 0) is 19.9 Å². The summed E-state index contributed by atoms with van der Waals surface area (Å²) >= 11 is 0. The molecule has 3 heteroatoms. The second-order valence-electron chi connectivity index (χ2n) is 3.41. The Labute approximate surface area is 96.6 Å². The van der Waals surface area contributed by atoms with Gasteiger partial charge < -0.3 is 15.2 Å². The molecule has 0 saturated heterocycles. The smallest absolute Gasteiger partial charge is 0.149 e. The van der Waals surface area contributed by atoms with Crippen LogP contribution in [0.2, 0.25) is 0 Å². The van der Waals surface area contributed by atoms with Crippen molar-refractivity contribution in [3.63, 3.8) is 0 Å². The predicted molar refractivity (Wildman–Crippen MR) is 64.5 cm³/mol. The van der Waals surface area contributed by atoms with E-state index in [1.807, 2.05) is 25.1 Å². The Bertz CT molecular complexity index is 402. The summed E-state index contributed by atoms with van der Waals surface area (Å²) in [6.07, 6.45) is 0. The van der Waals surface area contributed by atoms with Crippen LogP contribution in [0.1, 0.15) is 25.5 Å². The molecular weight excluding hydrogens is 202 g/mol. The highest BCUT2D eigenvalue weighted by atomic mass is 16.5. The van der Waals surface area contributed by atoms with Crippen LogP contribution in [0, 0.1) is 11.8 Å². The summed E-state index contributed by atoms with van der Waals surface area (Å²) in [5, 5.41) is 0. The average molecular weight is 219 g/mol. The summed E-state index contributed by atoms with van der Waals surface area (Å²) in [6.45, 7) is 4.06. The number of hydrogen-bond acceptors (Lipinski definition) is 3. The molecule has 1 atom stereocenters. The van der Waals surface area contributed by atoms with Crippen LogP contribution in [-0.2, 0) is 0 Å². The summed E-state index contributed by atoms with van der Waals surface area (Å²) < 4.78 is 10.7. The van der Waals surface area contributed by atoms with Crippen molar-refractivity contribution in [1.82, 2.24) is 0 Å². The number of benzene rings is 1. The lowest BCUT2D eigenvalue weighted by Gasteiger charge is -2.13. The second kappa shape index (κ2) is 6.04. The van der Waals surface area contributed by atoms with Crippen LogP contribution < -0.4 is 15.2 Å². The fourth-order valence-corrected chi connectivity index (χ4v) is 1.33. The minimum atomic E-state index is -0.0736. The molecule has 86 valence electrons. The van der Waals surface area contributed by atoms with Gasteiger partial charge in [0.15, 0.2) is 0 Å². The summed E-state index contributed by atoms with van der Waals surface area (Å²) in [7, 11) is 1.62. The fourth-order valence-electron chi connectivity index (χ4n) is 1.33. The first kappa shape index (κ1) is 12.4. The van der Waals surface area contributed by atoms with Gasteiger partial charge in [-0.25, -0.2) is 0 Å². The van der Waals surface area contributed by atoms with Crippen molar-refractivity contribution < 1.29 is 9.47 Å². The molecule has 0 spiro atoms. The van der Waals surface area contributed by atoms with Gasteiger partial charge in [0.2, 0.25) is 0 Å². The maximum Gasteiger partial charge on any atom is 0.149 e. The maximum absolute atomic E-state index is 5.85. The molecule has 0 aliphatic carbocycles.